The number of aromatic nitrogens is 2. The monoisotopic (exact) mass is 230 g/mol. The molecule has 4 nitrogen and oxygen atoms in total. The van der Waals surface area contributed by atoms with Crippen LogP contribution in [0.1, 0.15) is 17.0 Å². The first-order valence-electron chi connectivity index (χ1n) is 5.62. The second kappa shape index (κ2) is 4.13. The molecular weight excluding hydrogens is 212 g/mol. The van der Waals surface area contributed by atoms with E-state index >= 15 is 0 Å². The van der Waals surface area contributed by atoms with Crippen molar-refractivity contribution in [1.29, 1.82) is 0 Å². The zero-order valence-corrected chi connectivity index (χ0v) is 10.7. The van der Waals surface area contributed by atoms with Gasteiger partial charge in [0, 0.05) is 12.7 Å². The number of imidazole rings is 1. The molecule has 0 aliphatic carbocycles. The van der Waals surface area contributed by atoms with Crippen LogP contribution in [0.15, 0.2) is 18.2 Å². The highest BCUT2D eigenvalue weighted by Gasteiger charge is 2.13. The van der Waals surface area contributed by atoms with Crippen molar-refractivity contribution in [1.82, 2.24) is 9.97 Å². The fourth-order valence-corrected chi connectivity index (χ4v) is 2.05. The first kappa shape index (κ1) is 11.5. The van der Waals surface area contributed by atoms with Gasteiger partial charge in [-0.1, -0.05) is 17.7 Å². The molecule has 0 unspecified atom stereocenters. The number of benzene rings is 1. The van der Waals surface area contributed by atoms with Gasteiger partial charge in [-0.2, -0.15) is 0 Å². The Morgan fingerprint density at radius 3 is 2.47 bits per heavy atom. The number of aryl methyl sites for hydroxylation is 3. The van der Waals surface area contributed by atoms with Crippen LogP contribution in [0.25, 0.3) is 0 Å². The van der Waals surface area contributed by atoms with E-state index in [1.165, 1.54) is 11.1 Å². The van der Waals surface area contributed by atoms with Crippen LogP contribution in [-0.2, 0) is 0 Å². The van der Waals surface area contributed by atoms with Crippen molar-refractivity contribution in [3.63, 3.8) is 0 Å². The molecule has 3 N–H and O–H groups in total. The van der Waals surface area contributed by atoms with Crippen molar-refractivity contribution in [2.24, 2.45) is 0 Å². The number of nitrogens with zero attached hydrogens (tertiary/aromatic N) is 2. The summed E-state index contributed by atoms with van der Waals surface area (Å²) in [5, 5.41) is 0. The Morgan fingerprint density at radius 2 is 1.94 bits per heavy atom. The molecule has 0 radical (unpaired) electrons. The summed E-state index contributed by atoms with van der Waals surface area (Å²) in [7, 11) is 1.98. The summed E-state index contributed by atoms with van der Waals surface area (Å²) >= 11 is 0. The van der Waals surface area contributed by atoms with Crippen LogP contribution in [0.5, 0.6) is 0 Å². The van der Waals surface area contributed by atoms with Crippen LogP contribution in [-0.4, -0.2) is 17.0 Å². The Kier molecular flexibility index (Phi) is 2.79. The summed E-state index contributed by atoms with van der Waals surface area (Å²) in [5.41, 5.74) is 9.49. The molecule has 17 heavy (non-hydrogen) atoms. The van der Waals surface area contributed by atoms with Gasteiger partial charge >= 0.3 is 0 Å². The van der Waals surface area contributed by atoms with E-state index in [-0.39, 0.29) is 0 Å². The van der Waals surface area contributed by atoms with E-state index < -0.39 is 0 Å². The number of hydrogen-bond donors (Lipinski definition) is 2. The quantitative estimate of drug-likeness (QED) is 0.834. The molecule has 0 amide bonds. The van der Waals surface area contributed by atoms with Crippen molar-refractivity contribution < 1.29 is 0 Å². The number of nitrogen functional groups attached to an aromatic ring is 1. The van der Waals surface area contributed by atoms with Crippen LogP contribution in [0.2, 0.25) is 0 Å². The number of rotatable bonds is 2. The number of aromatic amines is 1. The number of H-pyrrole nitrogens is 1. The van der Waals surface area contributed by atoms with Gasteiger partial charge in [0.2, 0.25) is 0 Å². The fourth-order valence-electron chi connectivity index (χ4n) is 2.05. The fraction of sp³-hybridized carbons (Fsp3) is 0.308. The molecule has 0 spiro atoms. The molecule has 1 aromatic carbocycles. The van der Waals surface area contributed by atoms with E-state index in [2.05, 4.69) is 42.0 Å². The summed E-state index contributed by atoms with van der Waals surface area (Å²) in [5.74, 6) is 2.20. The Balaban J connectivity index is 2.43. The second-order valence-electron chi connectivity index (χ2n) is 4.41. The summed E-state index contributed by atoms with van der Waals surface area (Å²) in [6.07, 6.45) is 0. The summed E-state index contributed by atoms with van der Waals surface area (Å²) < 4.78 is 0. The molecule has 0 atom stereocenters. The van der Waals surface area contributed by atoms with E-state index in [9.17, 15) is 0 Å². The molecule has 1 aromatic heterocycles. The highest BCUT2D eigenvalue weighted by molar-refractivity contribution is 5.70. The highest BCUT2D eigenvalue weighted by atomic mass is 15.2. The molecule has 0 aliphatic rings. The average molecular weight is 230 g/mol. The van der Waals surface area contributed by atoms with E-state index in [1.807, 2.05) is 18.9 Å². The van der Waals surface area contributed by atoms with Gasteiger partial charge < -0.3 is 15.6 Å². The van der Waals surface area contributed by atoms with Gasteiger partial charge in [-0.05, 0) is 32.4 Å². The minimum absolute atomic E-state index is 0.602. The van der Waals surface area contributed by atoms with Gasteiger partial charge in [-0.3, -0.25) is 0 Å². The standard InChI is InChI=1S/C13H18N4/c1-8-5-6-11(9(2)7-8)17(4)13-12(14)15-10(3)16-13/h5-7H,14H2,1-4H3,(H,15,16). The van der Waals surface area contributed by atoms with Crippen LogP contribution in [0.4, 0.5) is 17.3 Å². The molecule has 0 bridgehead atoms. The summed E-state index contributed by atoms with van der Waals surface area (Å²) in [4.78, 5) is 9.42. The Hall–Kier alpha value is -1.97. The Morgan fingerprint density at radius 1 is 1.24 bits per heavy atom. The van der Waals surface area contributed by atoms with Gasteiger partial charge in [-0.15, -0.1) is 0 Å². The molecule has 0 saturated carbocycles. The molecule has 2 aromatic rings. The van der Waals surface area contributed by atoms with E-state index in [4.69, 9.17) is 5.73 Å². The predicted octanol–water partition coefficient (Wildman–Crippen LogP) is 2.69. The normalized spacial score (nSPS) is 10.6. The van der Waals surface area contributed by atoms with Gasteiger partial charge in [-0.25, -0.2) is 4.98 Å². The van der Waals surface area contributed by atoms with Crippen molar-refractivity contribution in [2.75, 3.05) is 17.7 Å². The van der Waals surface area contributed by atoms with Gasteiger partial charge in [0.15, 0.2) is 5.82 Å². The topological polar surface area (TPSA) is 57.9 Å². The Bertz CT molecular complexity index is 542. The molecular formula is C13H18N4. The first-order chi connectivity index (χ1) is 7.99. The summed E-state index contributed by atoms with van der Waals surface area (Å²) in [6, 6.07) is 6.34. The molecule has 2 rings (SSSR count). The van der Waals surface area contributed by atoms with Crippen molar-refractivity contribution in [2.45, 2.75) is 20.8 Å². The lowest BCUT2D eigenvalue weighted by Crippen LogP contribution is -2.13. The third-order valence-electron chi connectivity index (χ3n) is 2.86. The SMILES string of the molecule is Cc1ccc(N(C)c2nc(C)[nH]c2N)c(C)c1. The molecule has 90 valence electrons. The van der Waals surface area contributed by atoms with Crippen LogP contribution < -0.4 is 10.6 Å². The van der Waals surface area contributed by atoms with Crippen molar-refractivity contribution in [3.05, 3.63) is 35.2 Å². The van der Waals surface area contributed by atoms with Gasteiger partial charge in [0.05, 0.1) is 0 Å². The van der Waals surface area contributed by atoms with E-state index in [1.54, 1.807) is 0 Å². The van der Waals surface area contributed by atoms with Crippen LogP contribution >= 0.6 is 0 Å². The van der Waals surface area contributed by atoms with Crippen LogP contribution in [0.3, 0.4) is 0 Å². The highest BCUT2D eigenvalue weighted by Crippen LogP contribution is 2.29. The van der Waals surface area contributed by atoms with E-state index in [0.29, 0.717) is 5.82 Å². The number of hydrogen-bond acceptors (Lipinski definition) is 3. The van der Waals surface area contributed by atoms with Gasteiger partial charge in [0.1, 0.15) is 11.6 Å². The minimum Gasteiger partial charge on any atom is -0.382 e. The zero-order valence-electron chi connectivity index (χ0n) is 10.7. The van der Waals surface area contributed by atoms with Crippen molar-refractivity contribution in [3.8, 4) is 0 Å². The maximum atomic E-state index is 5.90. The average Bonchev–Trinajstić information content (AvgIpc) is 2.57. The predicted molar refractivity (Wildman–Crippen MR) is 71.7 cm³/mol. The molecule has 4 heteroatoms. The minimum atomic E-state index is 0.602. The van der Waals surface area contributed by atoms with E-state index in [0.717, 1.165) is 17.3 Å². The lowest BCUT2D eigenvalue weighted by Gasteiger charge is -2.19. The second-order valence-corrected chi connectivity index (χ2v) is 4.41. The number of nitrogens with one attached hydrogen (secondary N) is 1. The largest absolute Gasteiger partial charge is 0.382 e. The number of nitrogens with two attached hydrogens (primary N) is 1. The van der Waals surface area contributed by atoms with Crippen molar-refractivity contribution >= 4 is 17.3 Å². The van der Waals surface area contributed by atoms with Gasteiger partial charge in [0.25, 0.3) is 0 Å². The first-order valence-corrected chi connectivity index (χ1v) is 5.62. The molecule has 0 fully saturated rings. The lowest BCUT2D eigenvalue weighted by atomic mass is 10.1. The molecule has 1 heterocycles. The number of anilines is 3. The molecule has 0 aliphatic heterocycles. The zero-order chi connectivity index (χ0) is 12.6. The Labute approximate surface area is 101 Å². The maximum absolute atomic E-state index is 5.90. The third-order valence-corrected chi connectivity index (χ3v) is 2.86. The lowest BCUT2D eigenvalue weighted by molar-refractivity contribution is 1.10. The van der Waals surface area contributed by atoms with Crippen LogP contribution in [0, 0.1) is 20.8 Å². The third kappa shape index (κ3) is 2.11. The molecule has 0 saturated heterocycles. The summed E-state index contributed by atoms with van der Waals surface area (Å²) in [6.45, 7) is 6.08. The smallest absolute Gasteiger partial charge is 0.175 e. The maximum Gasteiger partial charge on any atom is 0.175 e.